The predicted octanol–water partition coefficient (Wildman–Crippen LogP) is 3.56. The first-order chi connectivity index (χ1) is 11.1. The molecule has 0 N–H and O–H groups in total. The standard InChI is InChI=1S/C18H19NO3S/c1-11-8-19(9-12(2)22-11)18(20)16-7-13-10-21-15-6-4-3-5-14(15)17(13)23-16/h3-7,11-12H,8-10H2,1-2H3/t11-,12+. The summed E-state index contributed by atoms with van der Waals surface area (Å²) in [5.74, 6) is 0.998. The number of fused-ring (bicyclic) bond motifs is 3. The second-order valence-corrected chi connectivity index (χ2v) is 7.27. The van der Waals surface area contributed by atoms with Crippen molar-refractivity contribution in [3.8, 4) is 16.2 Å². The van der Waals surface area contributed by atoms with Crippen LogP contribution in [0.2, 0.25) is 0 Å². The molecule has 120 valence electrons. The fourth-order valence-electron chi connectivity index (χ4n) is 3.30. The van der Waals surface area contributed by atoms with Gasteiger partial charge >= 0.3 is 0 Å². The first-order valence-electron chi connectivity index (χ1n) is 7.91. The van der Waals surface area contributed by atoms with E-state index in [4.69, 9.17) is 9.47 Å². The maximum atomic E-state index is 12.9. The van der Waals surface area contributed by atoms with Crippen molar-refractivity contribution in [2.75, 3.05) is 13.1 Å². The fraction of sp³-hybridized carbons (Fsp3) is 0.389. The van der Waals surface area contributed by atoms with E-state index in [9.17, 15) is 4.79 Å². The Bertz CT molecular complexity index is 744. The van der Waals surface area contributed by atoms with Gasteiger partial charge in [-0.1, -0.05) is 12.1 Å². The van der Waals surface area contributed by atoms with Crippen LogP contribution in [0.25, 0.3) is 10.4 Å². The Morgan fingerprint density at radius 2 is 1.96 bits per heavy atom. The minimum Gasteiger partial charge on any atom is -0.488 e. The van der Waals surface area contributed by atoms with Crippen molar-refractivity contribution in [2.24, 2.45) is 0 Å². The molecular formula is C18H19NO3S. The SMILES string of the molecule is C[C@@H]1CN(C(=O)c2cc3c(s2)-c2ccccc2OC3)C[C@H](C)O1. The van der Waals surface area contributed by atoms with Crippen LogP contribution in [0.15, 0.2) is 30.3 Å². The van der Waals surface area contributed by atoms with Gasteiger partial charge in [-0.05, 0) is 32.0 Å². The molecular weight excluding hydrogens is 310 g/mol. The summed E-state index contributed by atoms with van der Waals surface area (Å²) < 4.78 is 11.5. The van der Waals surface area contributed by atoms with E-state index >= 15 is 0 Å². The van der Waals surface area contributed by atoms with Gasteiger partial charge in [0.1, 0.15) is 12.4 Å². The van der Waals surface area contributed by atoms with Gasteiger partial charge in [0.05, 0.1) is 17.1 Å². The number of para-hydroxylation sites is 1. The van der Waals surface area contributed by atoms with Crippen LogP contribution < -0.4 is 4.74 Å². The van der Waals surface area contributed by atoms with E-state index in [-0.39, 0.29) is 18.1 Å². The molecule has 2 aliphatic heterocycles. The van der Waals surface area contributed by atoms with Gasteiger partial charge in [-0.3, -0.25) is 4.79 Å². The molecule has 1 amide bonds. The molecule has 3 heterocycles. The largest absolute Gasteiger partial charge is 0.488 e. The monoisotopic (exact) mass is 329 g/mol. The molecule has 2 aliphatic rings. The van der Waals surface area contributed by atoms with Crippen molar-refractivity contribution < 1.29 is 14.3 Å². The van der Waals surface area contributed by atoms with Gasteiger partial charge in [-0.2, -0.15) is 0 Å². The third kappa shape index (κ3) is 2.64. The quantitative estimate of drug-likeness (QED) is 0.803. The first kappa shape index (κ1) is 14.7. The van der Waals surface area contributed by atoms with Crippen molar-refractivity contribution in [2.45, 2.75) is 32.7 Å². The molecule has 1 aromatic heterocycles. The predicted molar refractivity (Wildman–Crippen MR) is 90.0 cm³/mol. The lowest BCUT2D eigenvalue weighted by Crippen LogP contribution is -2.48. The van der Waals surface area contributed by atoms with Crippen molar-refractivity contribution in [1.82, 2.24) is 4.90 Å². The Labute approximate surface area is 139 Å². The topological polar surface area (TPSA) is 38.8 Å². The van der Waals surface area contributed by atoms with Crippen molar-refractivity contribution in [3.63, 3.8) is 0 Å². The summed E-state index contributed by atoms with van der Waals surface area (Å²) in [4.78, 5) is 16.7. The van der Waals surface area contributed by atoms with Crippen LogP contribution >= 0.6 is 11.3 Å². The fourth-order valence-corrected chi connectivity index (χ4v) is 4.47. The lowest BCUT2D eigenvalue weighted by atomic mass is 10.1. The van der Waals surface area contributed by atoms with Gasteiger partial charge in [0.15, 0.2) is 0 Å². The molecule has 0 spiro atoms. The second-order valence-electron chi connectivity index (χ2n) is 6.22. The molecule has 1 aromatic carbocycles. The summed E-state index contributed by atoms with van der Waals surface area (Å²) in [6.45, 7) is 5.86. The highest BCUT2D eigenvalue weighted by Gasteiger charge is 2.29. The molecule has 4 rings (SSSR count). The average molecular weight is 329 g/mol. The molecule has 1 fully saturated rings. The zero-order chi connectivity index (χ0) is 16.0. The third-order valence-corrected chi connectivity index (χ3v) is 5.44. The number of hydrogen-bond donors (Lipinski definition) is 0. The molecule has 23 heavy (non-hydrogen) atoms. The van der Waals surface area contributed by atoms with Crippen molar-refractivity contribution in [1.29, 1.82) is 0 Å². The molecule has 0 bridgehead atoms. The van der Waals surface area contributed by atoms with E-state index < -0.39 is 0 Å². The molecule has 5 heteroatoms. The van der Waals surface area contributed by atoms with Gasteiger partial charge in [-0.25, -0.2) is 0 Å². The van der Waals surface area contributed by atoms with Crippen LogP contribution in [0, 0.1) is 0 Å². The molecule has 2 aromatic rings. The minimum atomic E-state index is 0.0846. The number of carbonyl (C=O) groups excluding carboxylic acids is 1. The molecule has 1 saturated heterocycles. The van der Waals surface area contributed by atoms with Crippen LogP contribution in [-0.2, 0) is 11.3 Å². The zero-order valence-electron chi connectivity index (χ0n) is 13.2. The van der Waals surface area contributed by atoms with Crippen LogP contribution in [0.3, 0.4) is 0 Å². The number of ether oxygens (including phenoxy) is 2. The summed E-state index contributed by atoms with van der Waals surface area (Å²) in [6, 6.07) is 9.99. The molecule has 0 unspecified atom stereocenters. The first-order valence-corrected chi connectivity index (χ1v) is 8.73. The maximum absolute atomic E-state index is 12.9. The van der Waals surface area contributed by atoms with Crippen LogP contribution in [0.1, 0.15) is 29.1 Å². The molecule has 2 atom stereocenters. The number of benzene rings is 1. The summed E-state index contributed by atoms with van der Waals surface area (Å²) >= 11 is 1.57. The number of morpholine rings is 1. The summed E-state index contributed by atoms with van der Waals surface area (Å²) in [6.07, 6.45) is 0.169. The highest BCUT2D eigenvalue weighted by atomic mass is 32.1. The van der Waals surface area contributed by atoms with Gasteiger partial charge in [0.2, 0.25) is 0 Å². The number of hydrogen-bond acceptors (Lipinski definition) is 4. The van der Waals surface area contributed by atoms with Gasteiger partial charge in [0, 0.05) is 29.1 Å². The summed E-state index contributed by atoms with van der Waals surface area (Å²) in [7, 11) is 0. The van der Waals surface area contributed by atoms with E-state index in [0.717, 1.165) is 26.6 Å². The van der Waals surface area contributed by atoms with Crippen molar-refractivity contribution in [3.05, 3.63) is 40.8 Å². The van der Waals surface area contributed by atoms with E-state index in [1.807, 2.05) is 43.0 Å². The second kappa shape index (κ2) is 5.65. The Morgan fingerprint density at radius 3 is 2.74 bits per heavy atom. The summed E-state index contributed by atoms with van der Waals surface area (Å²) in [5, 5.41) is 0. The zero-order valence-corrected chi connectivity index (χ0v) is 14.1. The summed E-state index contributed by atoms with van der Waals surface area (Å²) in [5.41, 5.74) is 2.19. The maximum Gasteiger partial charge on any atom is 0.264 e. The number of thiophene rings is 1. The lowest BCUT2D eigenvalue weighted by molar-refractivity contribution is -0.0585. The number of amides is 1. The number of nitrogens with zero attached hydrogens (tertiary/aromatic N) is 1. The van der Waals surface area contributed by atoms with Crippen molar-refractivity contribution >= 4 is 17.2 Å². The van der Waals surface area contributed by atoms with Crippen LogP contribution in [0.4, 0.5) is 0 Å². The van der Waals surface area contributed by atoms with Crippen LogP contribution in [-0.4, -0.2) is 36.1 Å². The number of rotatable bonds is 1. The molecule has 0 saturated carbocycles. The minimum absolute atomic E-state index is 0.0846. The normalized spacial score (nSPS) is 23.0. The number of carbonyl (C=O) groups is 1. The van der Waals surface area contributed by atoms with Crippen LogP contribution in [0.5, 0.6) is 5.75 Å². The molecule has 0 radical (unpaired) electrons. The highest BCUT2D eigenvalue weighted by molar-refractivity contribution is 7.17. The van der Waals surface area contributed by atoms with Gasteiger partial charge < -0.3 is 14.4 Å². The Hall–Kier alpha value is -1.85. The highest BCUT2D eigenvalue weighted by Crippen LogP contribution is 2.42. The van der Waals surface area contributed by atoms with E-state index in [2.05, 4.69) is 6.07 Å². The Kier molecular flexibility index (Phi) is 3.62. The Morgan fingerprint density at radius 1 is 1.22 bits per heavy atom. The Balaban J connectivity index is 1.65. The lowest BCUT2D eigenvalue weighted by Gasteiger charge is -2.35. The third-order valence-electron chi connectivity index (χ3n) is 4.24. The average Bonchev–Trinajstić information content (AvgIpc) is 2.98. The van der Waals surface area contributed by atoms with Gasteiger partial charge in [0.25, 0.3) is 5.91 Å². The van der Waals surface area contributed by atoms with E-state index in [1.165, 1.54) is 0 Å². The molecule has 0 aliphatic carbocycles. The molecule has 4 nitrogen and oxygen atoms in total. The smallest absolute Gasteiger partial charge is 0.264 e. The van der Waals surface area contributed by atoms with E-state index in [0.29, 0.717) is 19.7 Å². The van der Waals surface area contributed by atoms with Gasteiger partial charge in [-0.15, -0.1) is 11.3 Å². The van der Waals surface area contributed by atoms with E-state index in [1.54, 1.807) is 11.3 Å².